The zero-order chi connectivity index (χ0) is 15.2. The smallest absolute Gasteiger partial charge is 0.234 e. The minimum Gasteiger partial charge on any atom is -0.495 e. The SMILES string of the molecule is COc1ccc(N)cc1NC(=O)CSc1ccccc1C. The van der Waals surface area contributed by atoms with Crippen LogP contribution in [0.5, 0.6) is 5.75 Å². The molecule has 0 saturated carbocycles. The fourth-order valence-corrected chi connectivity index (χ4v) is 2.70. The number of ether oxygens (including phenoxy) is 1. The molecule has 5 heteroatoms. The third-order valence-electron chi connectivity index (χ3n) is 2.95. The van der Waals surface area contributed by atoms with Crippen LogP contribution in [0.4, 0.5) is 11.4 Å². The number of aryl methyl sites for hydroxylation is 1. The van der Waals surface area contributed by atoms with Crippen LogP contribution in [-0.2, 0) is 4.79 Å². The number of hydrogen-bond acceptors (Lipinski definition) is 4. The van der Waals surface area contributed by atoms with Crippen LogP contribution in [0.1, 0.15) is 5.56 Å². The monoisotopic (exact) mass is 302 g/mol. The molecule has 110 valence electrons. The fourth-order valence-electron chi connectivity index (χ4n) is 1.87. The zero-order valence-corrected chi connectivity index (χ0v) is 12.9. The Labute approximate surface area is 128 Å². The van der Waals surface area contributed by atoms with Gasteiger partial charge in [-0.2, -0.15) is 0 Å². The number of thioether (sulfide) groups is 1. The Morgan fingerprint density at radius 3 is 2.76 bits per heavy atom. The van der Waals surface area contributed by atoms with Crippen molar-refractivity contribution in [1.82, 2.24) is 0 Å². The first-order valence-corrected chi connectivity index (χ1v) is 7.50. The minimum absolute atomic E-state index is 0.0906. The average Bonchev–Trinajstić information content (AvgIpc) is 2.47. The molecule has 1 amide bonds. The van der Waals surface area contributed by atoms with Gasteiger partial charge in [0.1, 0.15) is 5.75 Å². The van der Waals surface area contributed by atoms with Gasteiger partial charge in [-0.15, -0.1) is 11.8 Å². The predicted octanol–water partition coefficient (Wildman–Crippen LogP) is 3.32. The van der Waals surface area contributed by atoms with Gasteiger partial charge in [-0.3, -0.25) is 4.79 Å². The molecule has 2 aromatic carbocycles. The molecule has 0 heterocycles. The molecule has 2 aromatic rings. The average molecular weight is 302 g/mol. The molecule has 3 N–H and O–H groups in total. The highest BCUT2D eigenvalue weighted by Crippen LogP contribution is 2.27. The van der Waals surface area contributed by atoms with Crippen molar-refractivity contribution < 1.29 is 9.53 Å². The van der Waals surface area contributed by atoms with Crippen molar-refractivity contribution in [3.63, 3.8) is 0 Å². The lowest BCUT2D eigenvalue weighted by molar-refractivity contribution is -0.113. The molecule has 0 unspecified atom stereocenters. The van der Waals surface area contributed by atoms with Crippen LogP contribution in [0.25, 0.3) is 0 Å². The normalized spacial score (nSPS) is 10.2. The number of carbonyl (C=O) groups is 1. The van der Waals surface area contributed by atoms with Crippen LogP contribution in [0.2, 0.25) is 0 Å². The van der Waals surface area contributed by atoms with E-state index in [9.17, 15) is 4.79 Å². The molecule has 0 aliphatic heterocycles. The summed E-state index contributed by atoms with van der Waals surface area (Å²) < 4.78 is 5.21. The van der Waals surface area contributed by atoms with Crippen molar-refractivity contribution in [2.45, 2.75) is 11.8 Å². The molecule has 0 radical (unpaired) electrons. The maximum absolute atomic E-state index is 12.0. The number of rotatable bonds is 5. The number of anilines is 2. The second-order valence-electron chi connectivity index (χ2n) is 4.56. The van der Waals surface area contributed by atoms with Crippen molar-refractivity contribution in [1.29, 1.82) is 0 Å². The molecule has 0 aliphatic rings. The van der Waals surface area contributed by atoms with E-state index in [1.54, 1.807) is 25.3 Å². The summed E-state index contributed by atoms with van der Waals surface area (Å²) in [6.07, 6.45) is 0. The molecule has 0 aliphatic carbocycles. The predicted molar refractivity (Wildman–Crippen MR) is 87.9 cm³/mol. The second kappa shape index (κ2) is 7.04. The zero-order valence-electron chi connectivity index (χ0n) is 12.1. The maximum atomic E-state index is 12.0. The standard InChI is InChI=1S/C16H18N2O2S/c1-11-5-3-4-6-15(11)21-10-16(19)18-13-9-12(17)7-8-14(13)20-2/h3-9H,10,17H2,1-2H3,(H,18,19). The maximum Gasteiger partial charge on any atom is 0.234 e. The summed E-state index contributed by atoms with van der Waals surface area (Å²) in [6.45, 7) is 2.03. The lowest BCUT2D eigenvalue weighted by atomic mass is 10.2. The first-order valence-electron chi connectivity index (χ1n) is 6.52. The summed E-state index contributed by atoms with van der Waals surface area (Å²) in [6, 6.07) is 13.1. The molecule has 0 bridgehead atoms. The molecule has 0 atom stereocenters. The summed E-state index contributed by atoms with van der Waals surface area (Å²) in [5.74, 6) is 0.841. The number of benzene rings is 2. The van der Waals surface area contributed by atoms with E-state index in [2.05, 4.69) is 5.32 Å². The Morgan fingerprint density at radius 1 is 1.29 bits per heavy atom. The van der Waals surface area contributed by atoms with Crippen molar-refractivity contribution >= 4 is 29.0 Å². The molecular weight excluding hydrogens is 284 g/mol. The van der Waals surface area contributed by atoms with E-state index >= 15 is 0 Å². The van der Waals surface area contributed by atoms with Crippen LogP contribution in [0.15, 0.2) is 47.4 Å². The highest BCUT2D eigenvalue weighted by molar-refractivity contribution is 8.00. The summed E-state index contributed by atoms with van der Waals surface area (Å²) >= 11 is 1.51. The molecule has 0 aromatic heterocycles. The molecule has 2 rings (SSSR count). The van der Waals surface area contributed by atoms with E-state index in [4.69, 9.17) is 10.5 Å². The molecule has 0 spiro atoms. The molecule has 4 nitrogen and oxygen atoms in total. The van der Waals surface area contributed by atoms with Gasteiger partial charge in [0, 0.05) is 10.6 Å². The van der Waals surface area contributed by atoms with Gasteiger partial charge in [0.05, 0.1) is 18.6 Å². The van der Waals surface area contributed by atoms with Crippen molar-refractivity contribution in [2.75, 3.05) is 23.9 Å². The largest absolute Gasteiger partial charge is 0.495 e. The number of methoxy groups -OCH3 is 1. The fraction of sp³-hybridized carbons (Fsp3) is 0.188. The van der Waals surface area contributed by atoms with Gasteiger partial charge in [-0.25, -0.2) is 0 Å². The Balaban J connectivity index is 1.99. The van der Waals surface area contributed by atoms with Crippen molar-refractivity contribution in [3.8, 4) is 5.75 Å². The second-order valence-corrected chi connectivity index (χ2v) is 5.58. The van der Waals surface area contributed by atoms with Crippen LogP contribution >= 0.6 is 11.8 Å². The van der Waals surface area contributed by atoms with Gasteiger partial charge in [-0.05, 0) is 36.8 Å². The lowest BCUT2D eigenvalue weighted by Gasteiger charge is -2.11. The number of hydrogen-bond donors (Lipinski definition) is 2. The number of nitrogen functional groups attached to an aromatic ring is 1. The summed E-state index contributed by atoms with van der Waals surface area (Å²) in [5, 5.41) is 2.83. The summed E-state index contributed by atoms with van der Waals surface area (Å²) in [7, 11) is 1.56. The van der Waals surface area contributed by atoms with Crippen molar-refractivity contribution in [2.24, 2.45) is 0 Å². The highest BCUT2D eigenvalue weighted by Gasteiger charge is 2.09. The van der Waals surface area contributed by atoms with E-state index in [1.165, 1.54) is 11.8 Å². The third-order valence-corrected chi connectivity index (χ3v) is 4.13. The topological polar surface area (TPSA) is 64.3 Å². The molecule has 0 fully saturated rings. The van der Waals surface area contributed by atoms with E-state index in [0.29, 0.717) is 22.9 Å². The number of amides is 1. The Morgan fingerprint density at radius 2 is 2.05 bits per heavy atom. The van der Waals surface area contributed by atoms with Gasteiger partial charge in [0.2, 0.25) is 5.91 Å². The number of carbonyl (C=O) groups excluding carboxylic acids is 1. The first-order chi connectivity index (χ1) is 10.1. The van der Waals surface area contributed by atoms with E-state index in [-0.39, 0.29) is 5.91 Å². The van der Waals surface area contributed by atoms with E-state index < -0.39 is 0 Å². The summed E-state index contributed by atoms with van der Waals surface area (Å²) in [4.78, 5) is 13.2. The molecule has 21 heavy (non-hydrogen) atoms. The van der Waals surface area contributed by atoms with Gasteiger partial charge >= 0.3 is 0 Å². The Kier molecular flexibility index (Phi) is 5.11. The minimum atomic E-state index is -0.0906. The van der Waals surface area contributed by atoms with Crippen LogP contribution in [0.3, 0.4) is 0 Å². The molecule has 0 saturated heterocycles. The number of nitrogens with one attached hydrogen (secondary N) is 1. The first kappa shape index (κ1) is 15.3. The Hall–Kier alpha value is -2.14. The molecular formula is C16H18N2O2S. The summed E-state index contributed by atoms with van der Waals surface area (Å²) in [5.41, 5.74) is 8.07. The van der Waals surface area contributed by atoms with Crippen LogP contribution < -0.4 is 15.8 Å². The quantitative estimate of drug-likeness (QED) is 0.657. The van der Waals surface area contributed by atoms with Crippen molar-refractivity contribution in [3.05, 3.63) is 48.0 Å². The van der Waals surface area contributed by atoms with Gasteiger partial charge in [0.25, 0.3) is 0 Å². The van der Waals surface area contributed by atoms with Gasteiger partial charge in [0.15, 0.2) is 0 Å². The van der Waals surface area contributed by atoms with Gasteiger partial charge in [-0.1, -0.05) is 18.2 Å². The van der Waals surface area contributed by atoms with E-state index in [0.717, 1.165) is 10.5 Å². The van der Waals surface area contributed by atoms with E-state index in [1.807, 2.05) is 31.2 Å². The number of nitrogens with two attached hydrogens (primary N) is 1. The van der Waals surface area contributed by atoms with Crippen LogP contribution in [0, 0.1) is 6.92 Å². The highest BCUT2D eigenvalue weighted by atomic mass is 32.2. The third kappa shape index (κ3) is 4.16. The Bertz CT molecular complexity index is 644. The van der Waals surface area contributed by atoms with Crippen LogP contribution in [-0.4, -0.2) is 18.8 Å². The lowest BCUT2D eigenvalue weighted by Crippen LogP contribution is -2.15. The van der Waals surface area contributed by atoms with Gasteiger partial charge < -0.3 is 15.8 Å².